The molecule has 28 heavy (non-hydrogen) atoms. The highest BCUT2D eigenvalue weighted by atomic mass is 16.5. The van der Waals surface area contributed by atoms with E-state index in [1.165, 1.54) is 10.8 Å². The van der Waals surface area contributed by atoms with Crippen LogP contribution in [0.1, 0.15) is 35.7 Å². The molecule has 0 aliphatic carbocycles. The van der Waals surface area contributed by atoms with Gasteiger partial charge < -0.3 is 14.3 Å². The molecule has 0 spiro atoms. The van der Waals surface area contributed by atoms with Gasteiger partial charge in [0.15, 0.2) is 5.69 Å². The van der Waals surface area contributed by atoms with Crippen molar-refractivity contribution in [3.63, 3.8) is 0 Å². The second-order valence-electron chi connectivity index (χ2n) is 7.09. The molecule has 1 saturated heterocycles. The normalized spacial score (nSPS) is 19.7. The van der Waals surface area contributed by atoms with Crippen molar-refractivity contribution in [2.45, 2.75) is 46.3 Å². The van der Waals surface area contributed by atoms with Crippen molar-refractivity contribution in [1.82, 2.24) is 24.5 Å². The van der Waals surface area contributed by atoms with Crippen molar-refractivity contribution in [1.29, 1.82) is 0 Å². The molecule has 0 aromatic carbocycles. The molecular formula is C18H23N5O5. The van der Waals surface area contributed by atoms with Crippen LogP contribution in [0, 0.1) is 13.8 Å². The van der Waals surface area contributed by atoms with Crippen LogP contribution in [0.4, 0.5) is 0 Å². The topological polar surface area (TPSA) is 122 Å². The highest BCUT2D eigenvalue weighted by molar-refractivity contribution is 5.92. The fourth-order valence-corrected chi connectivity index (χ4v) is 3.37. The first kappa shape index (κ1) is 19.6. The zero-order valence-corrected chi connectivity index (χ0v) is 16.3. The monoisotopic (exact) mass is 389 g/mol. The van der Waals surface area contributed by atoms with Crippen LogP contribution in [0.3, 0.4) is 0 Å². The van der Waals surface area contributed by atoms with Gasteiger partial charge in [0.1, 0.15) is 12.3 Å². The van der Waals surface area contributed by atoms with Gasteiger partial charge in [-0.3, -0.25) is 23.9 Å². The molecule has 0 bridgehead atoms. The van der Waals surface area contributed by atoms with Gasteiger partial charge in [-0.25, -0.2) is 4.79 Å². The van der Waals surface area contributed by atoms with Gasteiger partial charge in [0.05, 0.1) is 0 Å². The van der Waals surface area contributed by atoms with Gasteiger partial charge in [0.25, 0.3) is 11.5 Å². The number of nitrogens with zero attached hydrogens (tertiary/aromatic N) is 4. The SMILES string of the molecule is Cc1cc(C(=O)N2CCN(C(=O)Cn3cc(C)c(=O)[nH]c3=O)[C@H](C)[C@H]2C)no1. The minimum Gasteiger partial charge on any atom is -0.361 e. The summed E-state index contributed by atoms with van der Waals surface area (Å²) in [6, 6.07) is 1.09. The first-order valence-corrected chi connectivity index (χ1v) is 9.03. The molecule has 0 radical (unpaired) electrons. The van der Waals surface area contributed by atoms with E-state index in [4.69, 9.17) is 4.52 Å². The number of aromatic nitrogens is 3. The van der Waals surface area contributed by atoms with Crippen molar-refractivity contribution >= 4 is 11.8 Å². The van der Waals surface area contributed by atoms with E-state index in [1.807, 2.05) is 13.8 Å². The fourth-order valence-electron chi connectivity index (χ4n) is 3.37. The molecule has 0 saturated carbocycles. The Hall–Kier alpha value is -3.17. The summed E-state index contributed by atoms with van der Waals surface area (Å²) in [5.74, 6) is 0.0626. The lowest BCUT2D eigenvalue weighted by molar-refractivity contribution is -0.137. The largest absolute Gasteiger partial charge is 0.361 e. The number of carbonyl (C=O) groups excluding carboxylic acids is 2. The van der Waals surface area contributed by atoms with E-state index in [2.05, 4.69) is 10.1 Å². The average Bonchev–Trinajstić information content (AvgIpc) is 3.07. The summed E-state index contributed by atoms with van der Waals surface area (Å²) in [5.41, 5.74) is -0.496. The van der Waals surface area contributed by atoms with Gasteiger partial charge in [-0.1, -0.05) is 5.16 Å². The summed E-state index contributed by atoms with van der Waals surface area (Å²) in [6.07, 6.45) is 1.37. The Morgan fingerprint density at radius 3 is 2.46 bits per heavy atom. The van der Waals surface area contributed by atoms with Gasteiger partial charge >= 0.3 is 5.69 Å². The van der Waals surface area contributed by atoms with E-state index in [-0.39, 0.29) is 36.1 Å². The van der Waals surface area contributed by atoms with Crippen molar-refractivity contribution in [2.24, 2.45) is 0 Å². The third-order valence-electron chi connectivity index (χ3n) is 5.19. The summed E-state index contributed by atoms with van der Waals surface area (Å²) in [5, 5.41) is 3.77. The predicted molar refractivity (Wildman–Crippen MR) is 99.0 cm³/mol. The Morgan fingerprint density at radius 1 is 1.18 bits per heavy atom. The summed E-state index contributed by atoms with van der Waals surface area (Å²) >= 11 is 0. The van der Waals surface area contributed by atoms with Crippen LogP contribution in [0.5, 0.6) is 0 Å². The molecule has 2 aromatic heterocycles. The van der Waals surface area contributed by atoms with Crippen LogP contribution in [-0.4, -0.2) is 61.5 Å². The summed E-state index contributed by atoms with van der Waals surface area (Å²) in [7, 11) is 0. The fraction of sp³-hybridized carbons (Fsp3) is 0.500. The zero-order valence-electron chi connectivity index (χ0n) is 16.3. The van der Waals surface area contributed by atoms with Crippen LogP contribution in [0.2, 0.25) is 0 Å². The van der Waals surface area contributed by atoms with Crippen LogP contribution in [-0.2, 0) is 11.3 Å². The summed E-state index contributed by atoms with van der Waals surface area (Å²) in [4.78, 5) is 54.3. The summed E-state index contributed by atoms with van der Waals surface area (Å²) in [6.45, 7) is 7.52. The second kappa shape index (κ2) is 7.45. The minimum absolute atomic E-state index is 0.177. The number of H-pyrrole nitrogens is 1. The molecule has 1 fully saturated rings. The smallest absolute Gasteiger partial charge is 0.328 e. The number of hydrogen-bond acceptors (Lipinski definition) is 6. The van der Waals surface area contributed by atoms with Gasteiger partial charge in [0.2, 0.25) is 5.91 Å². The van der Waals surface area contributed by atoms with Crippen LogP contribution in [0.25, 0.3) is 0 Å². The second-order valence-corrected chi connectivity index (χ2v) is 7.09. The van der Waals surface area contributed by atoms with Crippen LogP contribution >= 0.6 is 0 Å². The molecule has 3 heterocycles. The lowest BCUT2D eigenvalue weighted by atomic mass is 10.0. The van der Waals surface area contributed by atoms with E-state index in [0.717, 1.165) is 0 Å². The van der Waals surface area contributed by atoms with Gasteiger partial charge in [-0.05, 0) is 27.7 Å². The van der Waals surface area contributed by atoms with E-state index < -0.39 is 11.2 Å². The number of aryl methyl sites for hydroxylation is 2. The molecule has 3 rings (SSSR count). The third kappa shape index (κ3) is 3.62. The number of carbonyl (C=O) groups is 2. The Kier molecular flexibility index (Phi) is 5.21. The third-order valence-corrected chi connectivity index (χ3v) is 5.19. The number of nitrogens with one attached hydrogen (secondary N) is 1. The molecule has 1 aliphatic heterocycles. The first-order chi connectivity index (χ1) is 13.2. The number of aromatic amines is 1. The number of piperazine rings is 1. The molecule has 2 aromatic rings. The van der Waals surface area contributed by atoms with Crippen LogP contribution < -0.4 is 11.2 Å². The number of hydrogen-bond donors (Lipinski definition) is 1. The molecular weight excluding hydrogens is 366 g/mol. The molecule has 0 unspecified atom stereocenters. The maximum absolute atomic E-state index is 12.8. The van der Waals surface area contributed by atoms with E-state index in [1.54, 1.807) is 29.7 Å². The summed E-state index contributed by atoms with van der Waals surface area (Å²) < 4.78 is 6.16. The predicted octanol–water partition coefficient (Wildman–Crippen LogP) is -0.0970. The van der Waals surface area contributed by atoms with Crippen molar-refractivity contribution in [3.05, 3.63) is 50.1 Å². The van der Waals surface area contributed by atoms with E-state index in [0.29, 0.717) is 24.4 Å². The Labute approximate surface area is 160 Å². The Bertz CT molecular complexity index is 1020. The van der Waals surface area contributed by atoms with Gasteiger partial charge in [0, 0.05) is 43.0 Å². The van der Waals surface area contributed by atoms with E-state index in [9.17, 15) is 19.2 Å². The van der Waals surface area contributed by atoms with Gasteiger partial charge in [-0.2, -0.15) is 0 Å². The molecule has 1 N–H and O–H groups in total. The van der Waals surface area contributed by atoms with Crippen molar-refractivity contribution in [2.75, 3.05) is 13.1 Å². The first-order valence-electron chi connectivity index (χ1n) is 9.03. The quantitative estimate of drug-likeness (QED) is 0.783. The molecule has 10 nitrogen and oxygen atoms in total. The molecule has 1 aliphatic rings. The molecule has 2 amide bonds. The minimum atomic E-state index is -0.625. The Morgan fingerprint density at radius 2 is 1.82 bits per heavy atom. The maximum Gasteiger partial charge on any atom is 0.328 e. The zero-order chi connectivity index (χ0) is 20.6. The molecule has 10 heteroatoms. The number of rotatable bonds is 3. The highest BCUT2D eigenvalue weighted by Crippen LogP contribution is 2.20. The van der Waals surface area contributed by atoms with Crippen LogP contribution in [0.15, 0.2) is 26.4 Å². The Balaban J connectivity index is 1.73. The molecule has 150 valence electrons. The molecule has 2 atom stereocenters. The lowest BCUT2D eigenvalue weighted by Crippen LogP contribution is -2.61. The number of amides is 2. The maximum atomic E-state index is 12.8. The average molecular weight is 389 g/mol. The standard InChI is InChI=1S/C18H23N5O5/c1-10-8-21(18(27)19-16(10)25)9-15(24)22-5-6-23(13(4)12(22)3)17(26)14-7-11(2)28-20-14/h7-8,12-13H,5-6,9H2,1-4H3,(H,19,25,27)/t12-,13-/m1/s1. The lowest BCUT2D eigenvalue weighted by Gasteiger charge is -2.44. The highest BCUT2D eigenvalue weighted by Gasteiger charge is 2.36. The van der Waals surface area contributed by atoms with Gasteiger partial charge in [-0.15, -0.1) is 0 Å². The van der Waals surface area contributed by atoms with E-state index >= 15 is 0 Å². The van der Waals surface area contributed by atoms with Crippen molar-refractivity contribution < 1.29 is 14.1 Å². The van der Waals surface area contributed by atoms with Crippen molar-refractivity contribution in [3.8, 4) is 0 Å².